The molecule has 0 atom stereocenters. The monoisotopic (exact) mass is 810 g/mol. The number of benzene rings is 6. The van der Waals surface area contributed by atoms with Gasteiger partial charge in [-0.15, -0.1) is 0 Å². The number of aromatic nitrogens is 6. The molecule has 5 heterocycles. The molecule has 1 aliphatic heterocycles. The van der Waals surface area contributed by atoms with Gasteiger partial charge >= 0.3 is 0 Å². The molecule has 6 nitrogen and oxygen atoms in total. The average molecular weight is 811 g/mol. The van der Waals surface area contributed by atoms with E-state index in [1.54, 1.807) is 0 Å². The fourth-order valence-electron chi connectivity index (χ4n) is 9.20. The molecule has 0 saturated carbocycles. The molecule has 0 N–H and O–H groups in total. The van der Waals surface area contributed by atoms with E-state index < -0.39 is 5.41 Å². The van der Waals surface area contributed by atoms with Crippen molar-refractivity contribution in [3.8, 4) is 78.9 Å². The van der Waals surface area contributed by atoms with Gasteiger partial charge in [-0.1, -0.05) is 133 Å². The number of nitrogens with zero attached hydrogens (tertiary/aromatic N) is 6. The van der Waals surface area contributed by atoms with Gasteiger partial charge in [0.1, 0.15) is 0 Å². The van der Waals surface area contributed by atoms with Gasteiger partial charge in [0, 0.05) is 62.4 Å². The highest BCUT2D eigenvalue weighted by molar-refractivity contribution is 7.99. The minimum absolute atomic E-state index is 0.629. The summed E-state index contributed by atoms with van der Waals surface area (Å²) in [4.78, 5) is 31.5. The van der Waals surface area contributed by atoms with Crippen LogP contribution in [0.15, 0.2) is 217 Å². The summed E-state index contributed by atoms with van der Waals surface area (Å²) in [7, 11) is 0. The molecular weight excluding hydrogens is 777 g/mol. The fourth-order valence-corrected chi connectivity index (χ4v) is 10.4. The van der Waals surface area contributed by atoms with Gasteiger partial charge in [0.2, 0.25) is 0 Å². The van der Waals surface area contributed by atoms with Crippen molar-refractivity contribution in [2.24, 2.45) is 0 Å². The van der Waals surface area contributed by atoms with Crippen LogP contribution in [0.1, 0.15) is 22.3 Å². The first-order valence-electron chi connectivity index (χ1n) is 20.6. The third-order valence-corrected chi connectivity index (χ3v) is 13.2. The van der Waals surface area contributed by atoms with E-state index in [0.29, 0.717) is 17.5 Å². The Bertz CT molecular complexity index is 2980. The van der Waals surface area contributed by atoms with Crippen LogP contribution in [-0.4, -0.2) is 29.9 Å². The zero-order valence-electron chi connectivity index (χ0n) is 33.2. The number of hydrogen-bond donors (Lipinski definition) is 0. The maximum atomic E-state index is 5.17. The normalized spacial score (nSPS) is 12.9. The van der Waals surface area contributed by atoms with E-state index in [9.17, 15) is 0 Å². The second-order valence-electron chi connectivity index (χ2n) is 15.5. The molecule has 0 bridgehead atoms. The molecule has 1 spiro atoms. The standard InChI is InChI=1S/C55H34N6S/c1-3-11-37(12-4-1)52-59-53(38-13-5-2-6-14-38)61-54(60-52)40-20-22-51-47(32-40)55(44-17-9-7-15-42(44)43-16-8-10-18-45(43)55)46-31-39(19-21-50(46)62-51)41-33-48(35-23-27-56-28-24-35)58-49(34-41)36-25-29-57-30-26-36/h1-34H. The van der Waals surface area contributed by atoms with E-state index in [2.05, 4.69) is 131 Å². The third-order valence-electron chi connectivity index (χ3n) is 12.0. The first-order valence-corrected chi connectivity index (χ1v) is 21.4. The Hall–Kier alpha value is -7.87. The minimum atomic E-state index is -0.637. The zero-order chi connectivity index (χ0) is 41.0. The van der Waals surface area contributed by atoms with E-state index in [0.717, 1.165) is 50.3 Å². The molecule has 1 aliphatic carbocycles. The van der Waals surface area contributed by atoms with E-state index in [-0.39, 0.29) is 0 Å². The van der Waals surface area contributed by atoms with Crippen LogP contribution >= 0.6 is 11.8 Å². The Morgan fingerprint density at radius 1 is 0.306 bits per heavy atom. The van der Waals surface area contributed by atoms with Crippen molar-refractivity contribution < 1.29 is 0 Å². The summed E-state index contributed by atoms with van der Waals surface area (Å²) in [6.07, 6.45) is 7.27. The Labute approximate surface area is 363 Å². The van der Waals surface area contributed by atoms with E-state index >= 15 is 0 Å². The summed E-state index contributed by atoms with van der Waals surface area (Å²) in [6.45, 7) is 0. The molecule has 290 valence electrons. The maximum absolute atomic E-state index is 5.17. The molecule has 2 aliphatic rings. The van der Waals surface area contributed by atoms with Gasteiger partial charge in [0.15, 0.2) is 17.5 Å². The van der Waals surface area contributed by atoms with E-state index in [4.69, 9.17) is 19.9 Å². The third kappa shape index (κ3) is 5.89. The lowest BCUT2D eigenvalue weighted by atomic mass is 9.66. The Morgan fingerprint density at radius 3 is 1.26 bits per heavy atom. The van der Waals surface area contributed by atoms with Crippen molar-refractivity contribution in [1.82, 2.24) is 29.9 Å². The lowest BCUT2D eigenvalue weighted by Crippen LogP contribution is -2.32. The number of rotatable bonds is 6. The molecule has 7 heteroatoms. The predicted molar refractivity (Wildman–Crippen MR) is 247 cm³/mol. The molecular formula is C55H34N6S. The lowest BCUT2D eigenvalue weighted by Gasteiger charge is -2.40. The van der Waals surface area contributed by atoms with Gasteiger partial charge in [0.05, 0.1) is 16.8 Å². The molecule has 12 rings (SSSR count). The van der Waals surface area contributed by atoms with E-state index in [1.165, 1.54) is 43.2 Å². The second-order valence-corrected chi connectivity index (χ2v) is 16.6. The summed E-state index contributed by atoms with van der Waals surface area (Å²) in [6, 6.07) is 64.4. The molecule has 10 aromatic rings. The van der Waals surface area contributed by atoms with Crippen molar-refractivity contribution in [2.75, 3.05) is 0 Å². The highest BCUT2D eigenvalue weighted by Gasteiger charge is 2.50. The lowest BCUT2D eigenvalue weighted by molar-refractivity contribution is 0.723. The molecule has 4 aromatic heterocycles. The molecule has 6 aromatic carbocycles. The average Bonchev–Trinajstić information content (AvgIpc) is 3.65. The van der Waals surface area contributed by atoms with Gasteiger partial charge in [-0.3, -0.25) is 9.97 Å². The molecule has 0 amide bonds. The molecule has 0 saturated heterocycles. The van der Waals surface area contributed by atoms with Gasteiger partial charge in [-0.2, -0.15) is 0 Å². The number of hydrogen-bond acceptors (Lipinski definition) is 7. The fraction of sp³-hybridized carbons (Fsp3) is 0.0182. The highest BCUT2D eigenvalue weighted by atomic mass is 32.2. The van der Waals surface area contributed by atoms with Crippen molar-refractivity contribution in [1.29, 1.82) is 0 Å². The summed E-state index contributed by atoms with van der Waals surface area (Å²) >= 11 is 1.82. The van der Waals surface area contributed by atoms with Gasteiger partial charge in [0.25, 0.3) is 0 Å². The summed E-state index contributed by atoms with van der Waals surface area (Å²) in [5.41, 5.74) is 15.6. The predicted octanol–water partition coefficient (Wildman–Crippen LogP) is 12.9. The highest BCUT2D eigenvalue weighted by Crippen LogP contribution is 2.62. The minimum Gasteiger partial charge on any atom is -0.265 e. The Morgan fingerprint density at radius 2 is 0.742 bits per heavy atom. The Kier molecular flexibility index (Phi) is 8.54. The van der Waals surface area contributed by atoms with Crippen LogP contribution < -0.4 is 0 Å². The first kappa shape index (κ1) is 36.0. The second kappa shape index (κ2) is 14.7. The largest absolute Gasteiger partial charge is 0.265 e. The number of pyridine rings is 3. The van der Waals surface area contributed by atoms with Crippen molar-refractivity contribution in [3.05, 3.63) is 229 Å². The van der Waals surface area contributed by atoms with E-state index in [1.807, 2.05) is 97.2 Å². The molecule has 0 radical (unpaired) electrons. The number of fused-ring (bicyclic) bond motifs is 9. The quantitative estimate of drug-likeness (QED) is 0.165. The molecule has 0 fully saturated rings. The Balaban J connectivity index is 1.10. The summed E-state index contributed by atoms with van der Waals surface area (Å²) in [5.74, 6) is 1.90. The molecule has 62 heavy (non-hydrogen) atoms. The van der Waals surface area contributed by atoms with Crippen molar-refractivity contribution >= 4 is 11.8 Å². The van der Waals surface area contributed by atoms with Gasteiger partial charge in [-0.25, -0.2) is 19.9 Å². The smallest absolute Gasteiger partial charge is 0.164 e. The topological polar surface area (TPSA) is 77.3 Å². The van der Waals surface area contributed by atoms with Crippen LogP contribution in [0, 0.1) is 0 Å². The van der Waals surface area contributed by atoms with Crippen LogP contribution in [0.3, 0.4) is 0 Å². The van der Waals surface area contributed by atoms with Crippen LogP contribution in [-0.2, 0) is 5.41 Å². The zero-order valence-corrected chi connectivity index (χ0v) is 34.0. The van der Waals surface area contributed by atoms with Gasteiger partial charge in [-0.05, 0) is 105 Å². The van der Waals surface area contributed by atoms with Crippen molar-refractivity contribution in [3.63, 3.8) is 0 Å². The summed E-state index contributed by atoms with van der Waals surface area (Å²) < 4.78 is 0. The van der Waals surface area contributed by atoms with Crippen LogP contribution in [0.2, 0.25) is 0 Å². The SMILES string of the molecule is c1ccc(-c2nc(-c3ccccc3)nc(-c3ccc4c(c3)C3(c5cc(-c6cc(-c7ccncc7)nc(-c7ccncc7)c6)ccc5S4)c4ccccc4-c4ccccc43)n2)cc1. The van der Waals surface area contributed by atoms with Crippen molar-refractivity contribution in [2.45, 2.75) is 15.2 Å². The van der Waals surface area contributed by atoms with Gasteiger partial charge < -0.3 is 0 Å². The summed E-state index contributed by atoms with van der Waals surface area (Å²) in [5, 5.41) is 0. The van der Waals surface area contributed by atoms with Crippen LogP contribution in [0.4, 0.5) is 0 Å². The first-order chi connectivity index (χ1) is 30.7. The van der Waals surface area contributed by atoms with Crippen LogP contribution in [0.5, 0.6) is 0 Å². The molecule has 0 unspecified atom stereocenters. The van der Waals surface area contributed by atoms with Crippen LogP contribution in [0.25, 0.3) is 78.9 Å². The maximum Gasteiger partial charge on any atom is 0.164 e.